The Morgan fingerprint density at radius 3 is 2.50 bits per heavy atom. The van der Waals surface area contributed by atoms with Gasteiger partial charge >= 0.3 is 24.9 Å². The number of halogens is 1. The second-order valence-corrected chi connectivity index (χ2v) is 9.90. The van der Waals surface area contributed by atoms with Crippen molar-refractivity contribution in [3.63, 3.8) is 0 Å². The summed E-state index contributed by atoms with van der Waals surface area (Å²) in [7, 11) is 0. The smallest absolute Gasteiger partial charge is 0.550 e. The van der Waals surface area contributed by atoms with E-state index >= 15 is 4.39 Å². The van der Waals surface area contributed by atoms with Gasteiger partial charge < -0.3 is 20.1 Å². The fraction of sp³-hybridized carbons (Fsp3) is 0.308. The van der Waals surface area contributed by atoms with Crippen LogP contribution < -0.4 is 39.5 Å². The van der Waals surface area contributed by atoms with Crippen molar-refractivity contribution in [3.8, 4) is 22.4 Å². The quantitative estimate of drug-likeness (QED) is 0.271. The van der Waals surface area contributed by atoms with Crippen LogP contribution in [0.1, 0.15) is 13.3 Å². The number of rotatable bonds is 8. The largest absolute Gasteiger partial charge is 1.00 e. The normalized spacial score (nSPS) is 13.6. The molecule has 0 saturated carbocycles. The number of piperazine rings is 1. The van der Waals surface area contributed by atoms with E-state index in [2.05, 4.69) is 35.5 Å². The Balaban J connectivity index is 0.00000370. The number of anilines is 2. The Bertz CT molecular complexity index is 1480. The number of nitrogens with one attached hydrogen (secondary N) is 2. The van der Waals surface area contributed by atoms with Crippen molar-refractivity contribution >= 4 is 44.6 Å². The summed E-state index contributed by atoms with van der Waals surface area (Å²) in [5.41, 5.74) is 2.21. The first kappa shape index (κ1) is 29.4. The van der Waals surface area contributed by atoms with Crippen LogP contribution in [0.3, 0.4) is 0 Å². The third-order valence-corrected chi connectivity index (χ3v) is 7.34. The summed E-state index contributed by atoms with van der Waals surface area (Å²) in [4.78, 5) is 44.7. The van der Waals surface area contributed by atoms with Crippen molar-refractivity contribution in [1.82, 2.24) is 30.2 Å². The number of amides is 2. The molecule has 1 saturated heterocycles. The maximum Gasteiger partial charge on any atom is 1.00 e. The number of carboxylic acids is 1. The number of thiazole rings is 1. The molecule has 1 aromatic carbocycles. The van der Waals surface area contributed by atoms with Crippen LogP contribution in [0.2, 0.25) is 0 Å². The van der Waals surface area contributed by atoms with E-state index in [-0.39, 0.29) is 41.5 Å². The van der Waals surface area contributed by atoms with E-state index in [0.717, 1.165) is 0 Å². The topological polar surface area (TPSA) is 139 Å². The van der Waals surface area contributed by atoms with Gasteiger partial charge in [0.25, 0.3) is 0 Å². The molecule has 0 radical (unpaired) electrons. The molecule has 0 aliphatic carbocycles. The van der Waals surface area contributed by atoms with Crippen LogP contribution in [-0.2, 0) is 4.79 Å². The maximum absolute atomic E-state index is 15.9. The minimum absolute atomic E-state index is 0. The number of aromatic nitrogens is 4. The second kappa shape index (κ2) is 13.1. The maximum atomic E-state index is 15.9. The summed E-state index contributed by atoms with van der Waals surface area (Å²) in [6, 6.07) is 6.78. The molecule has 1 fully saturated rings. The van der Waals surface area contributed by atoms with E-state index in [9.17, 15) is 14.7 Å². The number of hydrogen-bond donors (Lipinski definition) is 2. The Morgan fingerprint density at radius 1 is 1.10 bits per heavy atom. The zero-order chi connectivity index (χ0) is 27.4. The molecule has 0 spiro atoms. The predicted octanol–water partition coefficient (Wildman–Crippen LogP) is -0.638. The summed E-state index contributed by atoms with van der Waals surface area (Å²) in [5, 5.41) is 16.3. The van der Waals surface area contributed by atoms with Gasteiger partial charge in [0.1, 0.15) is 5.52 Å². The molecule has 0 unspecified atom stereocenters. The zero-order valence-electron chi connectivity index (χ0n) is 22.2. The number of nitrogens with zero attached hydrogens (tertiary/aromatic N) is 6. The summed E-state index contributed by atoms with van der Waals surface area (Å²) < 4.78 is 16.4. The van der Waals surface area contributed by atoms with Crippen molar-refractivity contribution in [2.24, 2.45) is 0 Å². The van der Waals surface area contributed by atoms with E-state index in [1.807, 2.05) is 17.0 Å². The average Bonchev–Trinajstić information content (AvgIpc) is 3.37. The summed E-state index contributed by atoms with van der Waals surface area (Å²) in [6.07, 6.45) is 4.83. The van der Waals surface area contributed by atoms with E-state index in [4.69, 9.17) is 0 Å². The molecule has 40 heavy (non-hydrogen) atoms. The van der Waals surface area contributed by atoms with Crippen LogP contribution in [0.15, 0.2) is 42.9 Å². The Hall–Kier alpha value is -3.63. The number of urea groups is 1. The monoisotopic (exact) mass is 556 g/mol. The fourth-order valence-corrected chi connectivity index (χ4v) is 5.35. The standard InChI is InChI=1S/C26H27FN8O3S.Li/c1-2-28-25(38)33-26-32-22-21(27)17(13-18(23(22)39-26)19-5-3-4-7-29-19)16-14-30-24(31-15-16)35-11-9-34(10-12-35)8-6-20(36)37;/h3-5,7,13-15H,2,6,8-12H2,1H3,(H,36,37)(H2,28,32,33,38);/q;+1/p-1. The van der Waals surface area contributed by atoms with Crippen LogP contribution in [-0.4, -0.2) is 76.1 Å². The van der Waals surface area contributed by atoms with E-state index < -0.39 is 17.8 Å². The summed E-state index contributed by atoms with van der Waals surface area (Å²) in [5.74, 6) is -1.07. The average molecular weight is 557 g/mol. The summed E-state index contributed by atoms with van der Waals surface area (Å²) in [6.45, 7) is 5.38. The van der Waals surface area contributed by atoms with Crippen molar-refractivity contribution in [2.75, 3.05) is 49.5 Å². The Morgan fingerprint density at radius 2 is 1.85 bits per heavy atom. The van der Waals surface area contributed by atoms with Crippen LogP contribution in [0.25, 0.3) is 32.6 Å². The first-order valence-electron chi connectivity index (χ1n) is 12.5. The van der Waals surface area contributed by atoms with Gasteiger partial charge in [0.15, 0.2) is 10.9 Å². The van der Waals surface area contributed by atoms with Gasteiger partial charge in [0.05, 0.1) is 10.4 Å². The van der Waals surface area contributed by atoms with Crippen molar-refractivity contribution in [3.05, 3.63) is 48.7 Å². The van der Waals surface area contributed by atoms with Crippen molar-refractivity contribution < 1.29 is 37.9 Å². The van der Waals surface area contributed by atoms with E-state index in [1.54, 1.807) is 37.6 Å². The number of hydrogen-bond acceptors (Lipinski definition) is 10. The molecule has 0 atom stereocenters. The zero-order valence-corrected chi connectivity index (χ0v) is 23.0. The summed E-state index contributed by atoms with van der Waals surface area (Å²) >= 11 is 1.18. The van der Waals surface area contributed by atoms with Crippen LogP contribution >= 0.6 is 11.3 Å². The van der Waals surface area contributed by atoms with Crippen LogP contribution in [0.5, 0.6) is 0 Å². The molecule has 2 N–H and O–H groups in total. The van der Waals surface area contributed by atoms with Crippen molar-refractivity contribution in [1.29, 1.82) is 0 Å². The molecular formula is C26H26FLiN8O3S. The molecule has 1 aliphatic rings. The van der Waals surface area contributed by atoms with Crippen LogP contribution in [0.4, 0.5) is 20.3 Å². The minimum Gasteiger partial charge on any atom is -0.550 e. The van der Waals surface area contributed by atoms with E-state index in [0.29, 0.717) is 66.7 Å². The molecule has 14 heteroatoms. The number of pyridine rings is 1. The third kappa shape index (κ3) is 6.56. The molecule has 2 amide bonds. The van der Waals surface area contributed by atoms with Crippen LogP contribution in [0, 0.1) is 5.82 Å². The van der Waals surface area contributed by atoms with Gasteiger partial charge in [-0.2, -0.15) is 0 Å². The molecule has 202 valence electrons. The number of fused-ring (bicyclic) bond motifs is 1. The van der Waals surface area contributed by atoms with Gasteiger partial charge in [-0.05, 0) is 31.5 Å². The van der Waals surface area contributed by atoms with Gasteiger partial charge in [-0.15, -0.1) is 0 Å². The van der Waals surface area contributed by atoms with Gasteiger partial charge in [-0.1, -0.05) is 17.4 Å². The predicted molar refractivity (Wildman–Crippen MR) is 145 cm³/mol. The number of carbonyl (C=O) groups is 2. The first-order valence-corrected chi connectivity index (χ1v) is 13.3. The molecule has 11 nitrogen and oxygen atoms in total. The van der Waals surface area contributed by atoms with Gasteiger partial charge in [0, 0.05) is 80.5 Å². The molecule has 0 bridgehead atoms. The number of benzene rings is 1. The number of aliphatic carboxylic acids is 1. The van der Waals surface area contributed by atoms with Crippen molar-refractivity contribution in [2.45, 2.75) is 13.3 Å². The number of carboxylic acid groups (broad SMARTS) is 1. The SMILES string of the molecule is CCNC(=O)Nc1nc2c(F)c(-c3cnc(N4CCN(CCC(=O)[O-])CC4)nc3)cc(-c3ccccn3)c2s1.[Li+]. The molecule has 5 rings (SSSR count). The van der Waals surface area contributed by atoms with Gasteiger partial charge in [0.2, 0.25) is 5.95 Å². The van der Waals surface area contributed by atoms with Gasteiger partial charge in [-0.3, -0.25) is 15.2 Å². The van der Waals surface area contributed by atoms with E-state index in [1.165, 1.54) is 11.3 Å². The second-order valence-electron chi connectivity index (χ2n) is 8.90. The first-order chi connectivity index (χ1) is 18.9. The minimum atomic E-state index is -1.06. The Labute approximate surface area is 246 Å². The molecule has 4 heterocycles. The molecule has 4 aromatic rings. The fourth-order valence-electron chi connectivity index (χ4n) is 4.37. The Kier molecular flexibility index (Phi) is 9.65. The molecule has 3 aromatic heterocycles. The number of carbonyl (C=O) groups excluding carboxylic acids is 2. The molecule has 1 aliphatic heterocycles. The van der Waals surface area contributed by atoms with Gasteiger partial charge in [-0.25, -0.2) is 24.1 Å². The third-order valence-electron chi connectivity index (χ3n) is 6.34. The molecular weight excluding hydrogens is 530 g/mol.